The van der Waals surface area contributed by atoms with Crippen molar-refractivity contribution in [2.45, 2.75) is 32.1 Å². The van der Waals surface area contributed by atoms with E-state index in [0.29, 0.717) is 11.8 Å². The van der Waals surface area contributed by atoms with E-state index < -0.39 is 0 Å². The van der Waals surface area contributed by atoms with Crippen molar-refractivity contribution in [3.63, 3.8) is 0 Å². The van der Waals surface area contributed by atoms with E-state index in [2.05, 4.69) is 28.8 Å². The zero-order valence-corrected chi connectivity index (χ0v) is 16.0. The Morgan fingerprint density at radius 3 is 2.86 bits per heavy atom. The van der Waals surface area contributed by atoms with Gasteiger partial charge in [-0.05, 0) is 0 Å². The van der Waals surface area contributed by atoms with Crippen molar-refractivity contribution >= 4 is 28.4 Å². The predicted molar refractivity (Wildman–Crippen MR) is 97.6 cm³/mol. The number of thiol groups is 1. The summed E-state index contributed by atoms with van der Waals surface area (Å²) in [6.07, 6.45) is 0.119. The van der Waals surface area contributed by atoms with E-state index in [1.54, 1.807) is 15.7 Å². The average molecular weight is 350 g/mol. The minimum atomic E-state index is 0.0422. The predicted octanol–water partition coefficient (Wildman–Crippen LogP) is 1.36. The monoisotopic (exact) mass is 349 g/mol. The Morgan fingerprint density at radius 2 is 2.23 bits per heavy atom. The van der Waals surface area contributed by atoms with Crippen molar-refractivity contribution in [1.82, 2.24) is 15.1 Å². The highest BCUT2D eigenvalue weighted by atomic mass is 33.1. The molecule has 7 heteroatoms. The molecule has 1 N–H and O–H groups in total. The molecule has 0 bridgehead atoms. The number of morpholine rings is 1. The topological polar surface area (TPSA) is 44.8 Å². The van der Waals surface area contributed by atoms with Gasteiger partial charge >= 0.3 is 0 Å². The maximum Gasteiger partial charge on any atom is 0.224 e. The fourth-order valence-corrected chi connectivity index (χ4v) is 2.93. The maximum absolute atomic E-state index is 11.9. The first-order valence-electron chi connectivity index (χ1n) is 8.04. The molecule has 0 aromatic heterocycles. The van der Waals surface area contributed by atoms with Crippen LogP contribution in [0.25, 0.3) is 0 Å². The molecule has 0 aromatic carbocycles. The minimum Gasteiger partial charge on any atom is -0.374 e. The van der Waals surface area contributed by atoms with Crippen LogP contribution in [0.2, 0.25) is 0 Å². The third-order valence-corrected chi connectivity index (χ3v) is 5.39. The number of rotatable bonds is 9. The first kappa shape index (κ1) is 20.1. The molecule has 5 nitrogen and oxygen atoms in total. The molecule has 1 aliphatic rings. The SMILES string of the molecule is CC(CNCCN1CCO[C@H](CN(C)C(=O)C(C)C)C1)SS. The van der Waals surface area contributed by atoms with Crippen LogP contribution < -0.4 is 5.32 Å². The van der Waals surface area contributed by atoms with E-state index in [0.717, 1.165) is 39.3 Å². The third-order valence-electron chi connectivity index (χ3n) is 3.79. The van der Waals surface area contributed by atoms with E-state index in [-0.39, 0.29) is 17.9 Å². The van der Waals surface area contributed by atoms with Gasteiger partial charge in [0.1, 0.15) is 0 Å². The molecule has 130 valence electrons. The first-order chi connectivity index (χ1) is 10.4. The van der Waals surface area contributed by atoms with Gasteiger partial charge in [-0.1, -0.05) is 31.6 Å². The van der Waals surface area contributed by atoms with Crippen LogP contribution in [-0.4, -0.2) is 80.0 Å². The molecule has 1 aliphatic heterocycles. The fourth-order valence-electron chi connectivity index (χ4n) is 2.51. The Kier molecular flexibility index (Phi) is 9.82. The second-order valence-electron chi connectivity index (χ2n) is 6.29. The van der Waals surface area contributed by atoms with Crippen LogP contribution in [0.3, 0.4) is 0 Å². The highest BCUT2D eigenvalue weighted by molar-refractivity contribution is 8.68. The maximum atomic E-state index is 11.9. The highest BCUT2D eigenvalue weighted by Crippen LogP contribution is 2.12. The summed E-state index contributed by atoms with van der Waals surface area (Å²) < 4.78 is 5.80. The van der Waals surface area contributed by atoms with Crippen LogP contribution in [0.4, 0.5) is 0 Å². The fraction of sp³-hybridized carbons (Fsp3) is 0.933. The molecule has 1 rings (SSSR count). The summed E-state index contributed by atoms with van der Waals surface area (Å²) >= 11 is 4.21. The molecule has 0 aromatic rings. The Balaban J connectivity index is 2.25. The number of hydrogen-bond acceptors (Lipinski definition) is 6. The molecule has 0 radical (unpaired) electrons. The smallest absolute Gasteiger partial charge is 0.224 e. The van der Waals surface area contributed by atoms with E-state index in [1.807, 2.05) is 20.9 Å². The summed E-state index contributed by atoms with van der Waals surface area (Å²) in [6, 6.07) is 0. The molecular weight excluding hydrogens is 318 g/mol. The summed E-state index contributed by atoms with van der Waals surface area (Å²) in [5.74, 6) is 0.223. The van der Waals surface area contributed by atoms with E-state index >= 15 is 0 Å². The molecule has 1 saturated heterocycles. The molecule has 1 amide bonds. The van der Waals surface area contributed by atoms with Gasteiger partial charge in [-0.25, -0.2) is 0 Å². The summed E-state index contributed by atoms with van der Waals surface area (Å²) in [6.45, 7) is 12.3. The lowest BCUT2D eigenvalue weighted by molar-refractivity contribution is -0.136. The van der Waals surface area contributed by atoms with Crippen LogP contribution in [0, 0.1) is 5.92 Å². The quantitative estimate of drug-likeness (QED) is 0.374. The second kappa shape index (κ2) is 10.8. The van der Waals surface area contributed by atoms with E-state index in [9.17, 15) is 4.79 Å². The number of carbonyl (C=O) groups is 1. The van der Waals surface area contributed by atoms with Gasteiger partial charge in [-0.15, -0.1) is 11.7 Å². The lowest BCUT2D eigenvalue weighted by Gasteiger charge is -2.35. The van der Waals surface area contributed by atoms with Crippen LogP contribution >= 0.6 is 22.5 Å². The van der Waals surface area contributed by atoms with Gasteiger partial charge in [-0.2, -0.15) is 0 Å². The van der Waals surface area contributed by atoms with Crippen molar-refractivity contribution in [3.8, 4) is 0 Å². The molecule has 1 unspecified atom stereocenters. The lowest BCUT2D eigenvalue weighted by Crippen LogP contribution is -2.49. The molecule has 1 fully saturated rings. The molecule has 0 aliphatic carbocycles. The normalized spacial score (nSPS) is 21.1. The number of carbonyl (C=O) groups excluding carboxylic acids is 1. The zero-order chi connectivity index (χ0) is 16.5. The van der Waals surface area contributed by atoms with Gasteiger partial charge in [0, 0.05) is 57.5 Å². The summed E-state index contributed by atoms with van der Waals surface area (Å²) in [5.41, 5.74) is 0. The van der Waals surface area contributed by atoms with Gasteiger partial charge in [-0.3, -0.25) is 9.69 Å². The number of nitrogens with one attached hydrogen (secondary N) is 1. The lowest BCUT2D eigenvalue weighted by atomic mass is 10.2. The zero-order valence-electron chi connectivity index (χ0n) is 14.2. The standard InChI is InChI=1S/C15H31N3O2S2/c1-12(2)15(19)17(4)10-14-11-18(7-8-20-14)6-5-16-9-13(3)22-21/h12-14,16,21H,5-11H2,1-4H3/t13?,14-/m1/s1. The van der Waals surface area contributed by atoms with E-state index in [4.69, 9.17) is 4.74 Å². The van der Waals surface area contributed by atoms with Gasteiger partial charge < -0.3 is 15.0 Å². The van der Waals surface area contributed by atoms with E-state index in [1.165, 1.54) is 0 Å². The Morgan fingerprint density at radius 1 is 1.50 bits per heavy atom. The highest BCUT2D eigenvalue weighted by Gasteiger charge is 2.23. The Hall–Kier alpha value is 0.0500. The summed E-state index contributed by atoms with van der Waals surface area (Å²) in [4.78, 5) is 16.1. The first-order valence-corrected chi connectivity index (χ1v) is 9.97. The van der Waals surface area contributed by atoms with Gasteiger partial charge in [0.25, 0.3) is 0 Å². The van der Waals surface area contributed by atoms with Crippen molar-refractivity contribution in [2.75, 3.05) is 52.9 Å². The number of hydrogen-bond donors (Lipinski definition) is 2. The van der Waals surface area contributed by atoms with Crippen molar-refractivity contribution in [3.05, 3.63) is 0 Å². The molecule has 2 atom stereocenters. The second-order valence-corrected chi connectivity index (χ2v) is 7.94. The Labute approximate surface area is 144 Å². The third kappa shape index (κ3) is 7.55. The number of nitrogens with zero attached hydrogens (tertiary/aromatic N) is 2. The minimum absolute atomic E-state index is 0.0422. The average Bonchev–Trinajstić information content (AvgIpc) is 2.50. The molecule has 0 saturated carbocycles. The summed E-state index contributed by atoms with van der Waals surface area (Å²) in [5, 5.41) is 3.98. The van der Waals surface area contributed by atoms with Crippen LogP contribution in [0.1, 0.15) is 20.8 Å². The van der Waals surface area contributed by atoms with Crippen molar-refractivity contribution in [1.29, 1.82) is 0 Å². The van der Waals surface area contributed by atoms with Crippen LogP contribution in [0.15, 0.2) is 0 Å². The van der Waals surface area contributed by atoms with Crippen LogP contribution in [-0.2, 0) is 9.53 Å². The number of likely N-dealkylation sites (N-methyl/N-ethyl adjacent to an activating group) is 1. The largest absolute Gasteiger partial charge is 0.374 e. The van der Waals surface area contributed by atoms with Gasteiger partial charge in [0.05, 0.1) is 12.7 Å². The van der Waals surface area contributed by atoms with Gasteiger partial charge in [0.15, 0.2) is 0 Å². The molecule has 0 spiro atoms. The molecule has 22 heavy (non-hydrogen) atoms. The van der Waals surface area contributed by atoms with Crippen LogP contribution in [0.5, 0.6) is 0 Å². The molecule has 1 heterocycles. The van der Waals surface area contributed by atoms with Crippen molar-refractivity contribution in [2.24, 2.45) is 5.92 Å². The Bertz CT molecular complexity index is 332. The molecular formula is C15H31N3O2S2. The number of amides is 1. The summed E-state index contributed by atoms with van der Waals surface area (Å²) in [7, 11) is 3.45. The van der Waals surface area contributed by atoms with Gasteiger partial charge in [0.2, 0.25) is 5.91 Å². The number of ether oxygens (including phenoxy) is 1. The van der Waals surface area contributed by atoms with Crippen molar-refractivity contribution < 1.29 is 9.53 Å².